The molecule has 0 aromatic carbocycles. The lowest BCUT2D eigenvalue weighted by Gasteiger charge is -2.20. The molecule has 11 heteroatoms. The molecule has 3 aromatic rings. The summed E-state index contributed by atoms with van der Waals surface area (Å²) in [6, 6.07) is 4.22. The summed E-state index contributed by atoms with van der Waals surface area (Å²) in [5.74, 6) is -1.31. The first-order valence-electron chi connectivity index (χ1n) is 12.5. The molecule has 2 atom stereocenters. The monoisotopic (exact) mass is 542 g/mol. The standard InChI is InChI=1S/C27H25F3N4O3S/c1-13-10-17(27(28,29)30)32-21(18(13)23(35)33-8-4-5-9-33)15-6-7-31-16-11-14(38-22(15)16)12-34-24(36)19-20(25(34)37)26(19,2)3/h6-7,10-11,19-20H,4-5,8-9,12H2,1-3H3. The van der Waals surface area contributed by atoms with E-state index in [4.69, 9.17) is 0 Å². The summed E-state index contributed by atoms with van der Waals surface area (Å²) in [6.45, 7) is 6.50. The van der Waals surface area contributed by atoms with Crippen LogP contribution in [0.15, 0.2) is 24.4 Å². The summed E-state index contributed by atoms with van der Waals surface area (Å²) in [5, 5.41) is 0. The van der Waals surface area contributed by atoms with Crippen molar-refractivity contribution in [2.45, 2.75) is 46.3 Å². The summed E-state index contributed by atoms with van der Waals surface area (Å²) in [6.07, 6.45) is -1.53. The minimum Gasteiger partial charge on any atom is -0.339 e. The van der Waals surface area contributed by atoms with Crippen molar-refractivity contribution in [3.8, 4) is 11.3 Å². The SMILES string of the molecule is Cc1cc(C(F)(F)F)nc(-c2ccnc3cc(CN4C(=O)C5C(C4=O)C5(C)C)sc23)c1C(=O)N1CCCC1. The zero-order valence-electron chi connectivity index (χ0n) is 21.1. The number of nitrogens with zero attached hydrogens (tertiary/aromatic N) is 4. The Kier molecular flexibility index (Phi) is 5.47. The number of aromatic nitrogens is 2. The lowest BCUT2D eigenvalue weighted by molar-refractivity contribution is -0.144. The molecule has 38 heavy (non-hydrogen) atoms. The van der Waals surface area contributed by atoms with E-state index in [2.05, 4.69) is 9.97 Å². The molecule has 3 aliphatic rings. The number of rotatable bonds is 4. The van der Waals surface area contributed by atoms with E-state index in [1.54, 1.807) is 17.0 Å². The number of carbonyl (C=O) groups is 3. The number of alkyl halides is 3. The Morgan fingerprint density at radius 1 is 1.13 bits per heavy atom. The van der Waals surface area contributed by atoms with Gasteiger partial charge < -0.3 is 4.90 Å². The number of carbonyl (C=O) groups excluding carboxylic acids is 3. The van der Waals surface area contributed by atoms with Gasteiger partial charge in [0.05, 0.1) is 39.9 Å². The number of fused-ring (bicyclic) bond motifs is 2. The molecule has 0 bridgehead atoms. The molecule has 1 saturated carbocycles. The lowest BCUT2D eigenvalue weighted by atomic mass is 9.99. The highest BCUT2D eigenvalue weighted by Gasteiger charge is 2.72. The third-order valence-electron chi connectivity index (χ3n) is 8.04. The second-order valence-electron chi connectivity index (χ2n) is 10.9. The first-order valence-corrected chi connectivity index (χ1v) is 13.3. The van der Waals surface area contributed by atoms with E-state index in [-0.39, 0.29) is 58.3 Å². The number of thiophene rings is 1. The molecular formula is C27H25F3N4O3S. The van der Waals surface area contributed by atoms with E-state index in [9.17, 15) is 27.6 Å². The summed E-state index contributed by atoms with van der Waals surface area (Å²) < 4.78 is 41.9. The number of hydrogen-bond donors (Lipinski definition) is 0. The maximum Gasteiger partial charge on any atom is 0.433 e. The fraction of sp³-hybridized carbons (Fsp3) is 0.444. The van der Waals surface area contributed by atoms with E-state index in [1.807, 2.05) is 13.8 Å². The highest BCUT2D eigenvalue weighted by molar-refractivity contribution is 7.19. The molecule has 6 rings (SSSR count). The number of imide groups is 1. The molecule has 3 amide bonds. The van der Waals surface area contributed by atoms with E-state index < -0.39 is 11.9 Å². The van der Waals surface area contributed by atoms with E-state index in [0.717, 1.165) is 18.9 Å². The van der Waals surface area contributed by atoms with Gasteiger partial charge in [0, 0.05) is 29.7 Å². The first kappa shape index (κ1) is 25.0. The van der Waals surface area contributed by atoms with Crippen molar-refractivity contribution in [1.29, 1.82) is 0 Å². The van der Waals surface area contributed by atoms with Gasteiger partial charge in [-0.05, 0) is 48.9 Å². The van der Waals surface area contributed by atoms with Gasteiger partial charge in [0.2, 0.25) is 11.8 Å². The molecular weight excluding hydrogens is 517 g/mol. The van der Waals surface area contributed by atoms with Gasteiger partial charge in [-0.25, -0.2) is 4.98 Å². The van der Waals surface area contributed by atoms with Crippen molar-refractivity contribution in [2.24, 2.45) is 17.3 Å². The summed E-state index contributed by atoms with van der Waals surface area (Å²) in [4.78, 5) is 51.1. The zero-order chi connectivity index (χ0) is 27.1. The second-order valence-corrected chi connectivity index (χ2v) is 12.0. The molecule has 198 valence electrons. The quantitative estimate of drug-likeness (QED) is 0.431. The normalized spacial score (nSPS) is 22.5. The Labute approximate surface area is 220 Å². The van der Waals surface area contributed by atoms with Crippen LogP contribution in [0.5, 0.6) is 0 Å². The molecule has 2 unspecified atom stereocenters. The van der Waals surface area contributed by atoms with Crippen molar-refractivity contribution >= 4 is 39.3 Å². The van der Waals surface area contributed by atoms with Crippen LogP contribution in [0, 0.1) is 24.2 Å². The Hall–Kier alpha value is -3.34. The summed E-state index contributed by atoms with van der Waals surface area (Å²) in [7, 11) is 0. The number of likely N-dealkylation sites (tertiary alicyclic amines) is 2. The maximum atomic E-state index is 13.8. The van der Waals surface area contributed by atoms with Crippen LogP contribution in [-0.4, -0.2) is 50.6 Å². The molecule has 0 radical (unpaired) electrons. The number of amides is 3. The summed E-state index contributed by atoms with van der Waals surface area (Å²) in [5.41, 5.74) is -0.198. The predicted octanol–water partition coefficient (Wildman–Crippen LogP) is 5.06. The molecule has 5 heterocycles. The van der Waals surface area contributed by atoms with Crippen LogP contribution in [0.2, 0.25) is 0 Å². The van der Waals surface area contributed by atoms with Crippen molar-refractivity contribution in [3.05, 3.63) is 46.1 Å². The maximum absolute atomic E-state index is 13.8. The van der Waals surface area contributed by atoms with Gasteiger partial charge in [-0.3, -0.25) is 24.3 Å². The second kappa shape index (κ2) is 8.33. The van der Waals surface area contributed by atoms with Gasteiger partial charge in [-0.1, -0.05) is 13.8 Å². The van der Waals surface area contributed by atoms with Crippen LogP contribution in [0.3, 0.4) is 0 Å². The number of hydrogen-bond acceptors (Lipinski definition) is 6. The van der Waals surface area contributed by atoms with Gasteiger partial charge in [0.25, 0.3) is 5.91 Å². The largest absolute Gasteiger partial charge is 0.433 e. The molecule has 3 aromatic heterocycles. The van der Waals surface area contributed by atoms with Crippen LogP contribution < -0.4 is 0 Å². The minimum atomic E-state index is -4.69. The Morgan fingerprint density at radius 2 is 1.79 bits per heavy atom. The highest BCUT2D eigenvalue weighted by atomic mass is 32.1. The van der Waals surface area contributed by atoms with Gasteiger partial charge in [-0.15, -0.1) is 11.3 Å². The molecule has 1 aliphatic carbocycles. The Morgan fingerprint density at radius 3 is 2.42 bits per heavy atom. The van der Waals surface area contributed by atoms with Gasteiger partial charge >= 0.3 is 6.18 Å². The van der Waals surface area contributed by atoms with Crippen LogP contribution in [0.25, 0.3) is 21.5 Å². The van der Waals surface area contributed by atoms with Crippen molar-refractivity contribution in [2.75, 3.05) is 13.1 Å². The fourth-order valence-electron chi connectivity index (χ4n) is 5.93. The smallest absolute Gasteiger partial charge is 0.339 e. The highest BCUT2D eigenvalue weighted by Crippen LogP contribution is 2.63. The lowest BCUT2D eigenvalue weighted by Crippen LogP contribution is -2.35. The van der Waals surface area contributed by atoms with Crippen LogP contribution in [-0.2, 0) is 22.3 Å². The van der Waals surface area contributed by atoms with Crippen LogP contribution in [0.1, 0.15) is 53.2 Å². The summed E-state index contributed by atoms with van der Waals surface area (Å²) >= 11 is 1.24. The van der Waals surface area contributed by atoms with Gasteiger partial charge in [-0.2, -0.15) is 13.2 Å². The minimum absolute atomic E-state index is 0.0358. The average Bonchev–Trinajstić information content (AvgIpc) is 3.32. The fourth-order valence-corrected chi connectivity index (χ4v) is 7.05. The molecule has 3 fully saturated rings. The van der Waals surface area contributed by atoms with Crippen molar-refractivity contribution in [3.63, 3.8) is 0 Å². The van der Waals surface area contributed by atoms with E-state index >= 15 is 0 Å². The van der Waals surface area contributed by atoms with E-state index in [1.165, 1.54) is 29.4 Å². The number of aryl methyl sites for hydroxylation is 1. The van der Waals surface area contributed by atoms with Crippen molar-refractivity contribution < 1.29 is 27.6 Å². The Balaban J connectivity index is 1.43. The number of pyridine rings is 2. The topological polar surface area (TPSA) is 83.5 Å². The van der Waals surface area contributed by atoms with Crippen molar-refractivity contribution in [1.82, 2.24) is 19.8 Å². The van der Waals surface area contributed by atoms with Crippen LogP contribution in [0.4, 0.5) is 13.2 Å². The third kappa shape index (κ3) is 3.73. The van der Waals surface area contributed by atoms with Gasteiger partial charge in [0.1, 0.15) is 5.69 Å². The average molecular weight is 543 g/mol. The predicted molar refractivity (Wildman–Crippen MR) is 134 cm³/mol. The Bertz CT molecular complexity index is 1500. The van der Waals surface area contributed by atoms with E-state index in [0.29, 0.717) is 33.7 Å². The third-order valence-corrected chi connectivity index (χ3v) is 9.18. The molecule has 2 aliphatic heterocycles. The molecule has 0 N–H and O–H groups in total. The molecule has 2 saturated heterocycles. The van der Waals surface area contributed by atoms with Crippen LogP contribution >= 0.6 is 11.3 Å². The number of piperidine rings is 1. The first-order chi connectivity index (χ1) is 17.9. The zero-order valence-corrected chi connectivity index (χ0v) is 21.9. The van der Waals surface area contributed by atoms with Gasteiger partial charge in [0.15, 0.2) is 0 Å². The molecule has 7 nitrogen and oxygen atoms in total. The molecule has 0 spiro atoms. The number of halogens is 3.